The number of benzene rings is 1. The SMILES string of the molecule is COC(=O)c1cccc2nc(COc3ccccc3F)cn12. The number of halogens is 1. The van der Waals surface area contributed by atoms with Crippen LogP contribution in [0.25, 0.3) is 5.65 Å². The van der Waals surface area contributed by atoms with E-state index in [0.717, 1.165) is 0 Å². The number of esters is 1. The number of hydrogen-bond donors (Lipinski definition) is 0. The molecule has 6 heteroatoms. The van der Waals surface area contributed by atoms with E-state index in [1.54, 1.807) is 47.0 Å². The van der Waals surface area contributed by atoms with Crippen molar-refractivity contribution >= 4 is 11.6 Å². The number of nitrogens with zero attached hydrogens (tertiary/aromatic N) is 2. The summed E-state index contributed by atoms with van der Waals surface area (Å²) in [5, 5.41) is 0. The van der Waals surface area contributed by atoms with E-state index in [1.807, 2.05) is 0 Å². The lowest BCUT2D eigenvalue weighted by molar-refractivity contribution is 0.0592. The average Bonchev–Trinajstić information content (AvgIpc) is 2.96. The lowest BCUT2D eigenvalue weighted by atomic mass is 10.3. The summed E-state index contributed by atoms with van der Waals surface area (Å²) in [6.45, 7) is 0.100. The molecule has 0 aliphatic heterocycles. The molecule has 0 saturated heterocycles. The predicted octanol–water partition coefficient (Wildman–Crippen LogP) is 2.84. The third-order valence-electron chi connectivity index (χ3n) is 3.15. The van der Waals surface area contributed by atoms with E-state index in [9.17, 15) is 9.18 Å². The zero-order chi connectivity index (χ0) is 15.5. The molecular formula is C16H13FN2O3. The summed E-state index contributed by atoms with van der Waals surface area (Å²) in [7, 11) is 1.32. The van der Waals surface area contributed by atoms with Gasteiger partial charge in [0.05, 0.1) is 12.8 Å². The quantitative estimate of drug-likeness (QED) is 0.695. The van der Waals surface area contributed by atoms with Crippen molar-refractivity contribution in [2.75, 3.05) is 7.11 Å². The minimum Gasteiger partial charge on any atom is -0.484 e. The summed E-state index contributed by atoms with van der Waals surface area (Å²) in [6.07, 6.45) is 1.67. The maximum Gasteiger partial charge on any atom is 0.355 e. The first-order chi connectivity index (χ1) is 10.7. The average molecular weight is 300 g/mol. The summed E-state index contributed by atoms with van der Waals surface area (Å²) < 4.78 is 25.3. The fourth-order valence-corrected chi connectivity index (χ4v) is 2.12. The lowest BCUT2D eigenvalue weighted by Gasteiger charge is -2.04. The number of para-hydroxylation sites is 1. The van der Waals surface area contributed by atoms with Gasteiger partial charge < -0.3 is 9.47 Å². The van der Waals surface area contributed by atoms with Gasteiger partial charge in [-0.25, -0.2) is 14.2 Å². The van der Waals surface area contributed by atoms with Crippen LogP contribution >= 0.6 is 0 Å². The number of aromatic nitrogens is 2. The number of ether oxygens (including phenoxy) is 2. The fourth-order valence-electron chi connectivity index (χ4n) is 2.12. The largest absolute Gasteiger partial charge is 0.484 e. The van der Waals surface area contributed by atoms with Crippen molar-refractivity contribution in [3.8, 4) is 5.75 Å². The van der Waals surface area contributed by atoms with Crippen LogP contribution in [0.2, 0.25) is 0 Å². The number of hydrogen-bond acceptors (Lipinski definition) is 4. The predicted molar refractivity (Wildman–Crippen MR) is 77.3 cm³/mol. The molecule has 5 nitrogen and oxygen atoms in total. The van der Waals surface area contributed by atoms with Gasteiger partial charge in [0.2, 0.25) is 0 Å². The normalized spacial score (nSPS) is 10.6. The van der Waals surface area contributed by atoms with Gasteiger partial charge in [-0.1, -0.05) is 18.2 Å². The number of fused-ring (bicyclic) bond motifs is 1. The van der Waals surface area contributed by atoms with Gasteiger partial charge in [0.1, 0.15) is 17.9 Å². The maximum absolute atomic E-state index is 13.5. The van der Waals surface area contributed by atoms with Gasteiger partial charge in [-0.15, -0.1) is 0 Å². The number of rotatable bonds is 4. The van der Waals surface area contributed by atoms with Gasteiger partial charge in [0.25, 0.3) is 0 Å². The first-order valence-electron chi connectivity index (χ1n) is 6.61. The molecular weight excluding hydrogens is 287 g/mol. The molecule has 2 aromatic heterocycles. The summed E-state index contributed by atoms with van der Waals surface area (Å²) in [5.74, 6) is -0.723. The molecule has 22 heavy (non-hydrogen) atoms. The van der Waals surface area contributed by atoms with E-state index in [-0.39, 0.29) is 12.4 Å². The number of methoxy groups -OCH3 is 1. The van der Waals surface area contributed by atoms with Crippen LogP contribution in [0.4, 0.5) is 4.39 Å². The Hall–Kier alpha value is -2.89. The van der Waals surface area contributed by atoms with Gasteiger partial charge in [0, 0.05) is 6.20 Å². The number of pyridine rings is 1. The zero-order valence-electron chi connectivity index (χ0n) is 11.8. The van der Waals surface area contributed by atoms with Crippen LogP contribution in [0.3, 0.4) is 0 Å². The molecule has 0 saturated carbocycles. The molecule has 0 aliphatic carbocycles. The third-order valence-corrected chi connectivity index (χ3v) is 3.15. The van der Waals surface area contributed by atoms with Crippen molar-refractivity contribution in [1.82, 2.24) is 9.38 Å². The number of carbonyl (C=O) groups is 1. The van der Waals surface area contributed by atoms with Crippen LogP contribution in [0, 0.1) is 5.82 Å². The molecule has 0 spiro atoms. The van der Waals surface area contributed by atoms with Crippen LogP contribution < -0.4 is 4.74 Å². The molecule has 3 aromatic rings. The first kappa shape index (κ1) is 14.1. The van der Waals surface area contributed by atoms with Gasteiger partial charge in [-0.05, 0) is 24.3 Å². The summed E-state index contributed by atoms with van der Waals surface area (Å²) in [5.41, 5.74) is 1.54. The van der Waals surface area contributed by atoms with Crippen LogP contribution in [0.1, 0.15) is 16.2 Å². The molecule has 2 heterocycles. The van der Waals surface area contributed by atoms with Crippen LogP contribution in [0.15, 0.2) is 48.7 Å². The van der Waals surface area contributed by atoms with E-state index in [4.69, 9.17) is 9.47 Å². The summed E-state index contributed by atoms with van der Waals surface area (Å²) >= 11 is 0. The van der Waals surface area contributed by atoms with Crippen LogP contribution in [0.5, 0.6) is 5.75 Å². The monoisotopic (exact) mass is 300 g/mol. The Labute approximate surface area is 125 Å². The highest BCUT2D eigenvalue weighted by molar-refractivity contribution is 5.88. The van der Waals surface area contributed by atoms with Crippen molar-refractivity contribution in [3.63, 3.8) is 0 Å². The molecule has 0 radical (unpaired) electrons. The number of imidazole rings is 1. The van der Waals surface area contributed by atoms with Crippen molar-refractivity contribution < 1.29 is 18.7 Å². The summed E-state index contributed by atoms with van der Waals surface area (Å²) in [4.78, 5) is 16.1. The zero-order valence-corrected chi connectivity index (χ0v) is 11.8. The highest BCUT2D eigenvalue weighted by Crippen LogP contribution is 2.17. The molecule has 0 unspecified atom stereocenters. The molecule has 0 bridgehead atoms. The molecule has 3 rings (SSSR count). The second kappa shape index (κ2) is 5.85. The van der Waals surface area contributed by atoms with Gasteiger partial charge in [-0.3, -0.25) is 4.40 Å². The smallest absolute Gasteiger partial charge is 0.355 e. The third kappa shape index (κ3) is 2.63. The summed E-state index contributed by atoms with van der Waals surface area (Å²) in [6, 6.07) is 11.3. The maximum atomic E-state index is 13.5. The minimum absolute atomic E-state index is 0.100. The van der Waals surface area contributed by atoms with Crippen LogP contribution in [-0.4, -0.2) is 22.5 Å². The molecule has 0 aliphatic rings. The van der Waals surface area contributed by atoms with Crippen molar-refractivity contribution in [3.05, 3.63) is 65.9 Å². The van der Waals surface area contributed by atoms with Crippen molar-refractivity contribution in [2.24, 2.45) is 0 Å². The standard InChI is InChI=1S/C16H13FN2O3/c1-21-16(20)13-6-4-8-15-18-11(9-19(13)15)10-22-14-7-3-2-5-12(14)17/h2-9H,10H2,1H3. The first-order valence-corrected chi connectivity index (χ1v) is 6.61. The van der Waals surface area contributed by atoms with Gasteiger partial charge in [-0.2, -0.15) is 0 Å². The van der Waals surface area contributed by atoms with E-state index in [0.29, 0.717) is 17.0 Å². The molecule has 0 N–H and O–H groups in total. The minimum atomic E-state index is -0.454. The Morgan fingerprint density at radius 2 is 2.05 bits per heavy atom. The van der Waals surface area contributed by atoms with E-state index in [2.05, 4.69) is 4.98 Å². The van der Waals surface area contributed by atoms with Gasteiger partial charge in [0.15, 0.2) is 11.6 Å². The highest BCUT2D eigenvalue weighted by atomic mass is 19.1. The van der Waals surface area contributed by atoms with Crippen LogP contribution in [-0.2, 0) is 11.3 Å². The van der Waals surface area contributed by atoms with E-state index >= 15 is 0 Å². The Morgan fingerprint density at radius 3 is 2.82 bits per heavy atom. The Bertz CT molecular complexity index is 829. The molecule has 0 amide bonds. The van der Waals surface area contributed by atoms with E-state index in [1.165, 1.54) is 13.2 Å². The molecule has 112 valence electrons. The lowest BCUT2D eigenvalue weighted by Crippen LogP contribution is -2.07. The molecule has 0 fully saturated rings. The second-order valence-electron chi connectivity index (χ2n) is 4.58. The highest BCUT2D eigenvalue weighted by Gasteiger charge is 2.12. The topological polar surface area (TPSA) is 52.8 Å². The second-order valence-corrected chi connectivity index (χ2v) is 4.58. The van der Waals surface area contributed by atoms with Crippen molar-refractivity contribution in [2.45, 2.75) is 6.61 Å². The Morgan fingerprint density at radius 1 is 1.23 bits per heavy atom. The molecule has 0 atom stereocenters. The Kier molecular flexibility index (Phi) is 3.74. The molecule has 1 aromatic carbocycles. The fraction of sp³-hybridized carbons (Fsp3) is 0.125. The van der Waals surface area contributed by atoms with Gasteiger partial charge >= 0.3 is 5.97 Å². The Balaban J connectivity index is 1.86. The number of carbonyl (C=O) groups excluding carboxylic acids is 1. The van der Waals surface area contributed by atoms with Crippen molar-refractivity contribution in [1.29, 1.82) is 0 Å². The van der Waals surface area contributed by atoms with E-state index < -0.39 is 11.8 Å².